The fourth-order valence-corrected chi connectivity index (χ4v) is 1.46. The van der Waals surface area contributed by atoms with Crippen molar-refractivity contribution >= 4 is 11.6 Å². The number of pyridine rings is 1. The van der Waals surface area contributed by atoms with E-state index in [4.69, 9.17) is 16.2 Å². The number of nitrogens with zero attached hydrogens (tertiary/aromatic N) is 1. The van der Waals surface area contributed by atoms with E-state index in [0.717, 1.165) is 5.56 Å². The first-order chi connectivity index (χ1) is 8.56. The fraction of sp³-hybridized carbons (Fsp3) is 0.0769. The van der Waals surface area contributed by atoms with Crippen molar-refractivity contribution in [3.05, 3.63) is 47.7 Å². The summed E-state index contributed by atoms with van der Waals surface area (Å²) in [7, 11) is 0. The lowest BCUT2D eigenvalue weighted by atomic mass is 10.2. The highest BCUT2D eigenvalue weighted by Crippen LogP contribution is 2.25. The van der Waals surface area contributed by atoms with Crippen molar-refractivity contribution in [1.82, 2.24) is 4.98 Å². The molecule has 0 saturated heterocycles. The van der Waals surface area contributed by atoms with Gasteiger partial charge in [0.15, 0.2) is 0 Å². The number of hydrogen-bond donors (Lipinski definition) is 2. The molecule has 1 aromatic carbocycles. The molecule has 0 aliphatic carbocycles. The van der Waals surface area contributed by atoms with E-state index in [1.165, 1.54) is 12.1 Å². The molecule has 1 aromatic heterocycles. The lowest BCUT2D eigenvalue weighted by Crippen LogP contribution is -2.13. The van der Waals surface area contributed by atoms with E-state index in [0.29, 0.717) is 11.4 Å². The summed E-state index contributed by atoms with van der Waals surface area (Å²) in [6, 6.07) is 10.4. The van der Waals surface area contributed by atoms with E-state index in [1.54, 1.807) is 6.07 Å². The normalized spacial score (nSPS) is 10.1. The zero-order chi connectivity index (χ0) is 13.1. The smallest absolute Gasteiger partial charge is 0.267 e. The van der Waals surface area contributed by atoms with Gasteiger partial charge in [-0.1, -0.05) is 12.1 Å². The monoisotopic (exact) mass is 243 g/mol. The molecule has 1 amide bonds. The zero-order valence-corrected chi connectivity index (χ0v) is 9.88. The minimum Gasteiger partial charge on any atom is -0.437 e. The molecule has 18 heavy (non-hydrogen) atoms. The highest BCUT2D eigenvalue weighted by Gasteiger charge is 2.09. The van der Waals surface area contributed by atoms with Gasteiger partial charge in [0.2, 0.25) is 5.88 Å². The van der Waals surface area contributed by atoms with Crippen LogP contribution in [0.2, 0.25) is 0 Å². The summed E-state index contributed by atoms with van der Waals surface area (Å²) in [6.07, 6.45) is 0. The maximum Gasteiger partial charge on any atom is 0.267 e. The van der Waals surface area contributed by atoms with E-state index in [1.807, 2.05) is 25.1 Å². The second-order valence-electron chi connectivity index (χ2n) is 3.87. The molecule has 0 aliphatic heterocycles. The van der Waals surface area contributed by atoms with E-state index >= 15 is 0 Å². The third-order valence-electron chi connectivity index (χ3n) is 2.35. The van der Waals surface area contributed by atoms with Gasteiger partial charge in [0.05, 0.1) is 5.69 Å². The number of amides is 1. The van der Waals surface area contributed by atoms with Crippen LogP contribution in [0.15, 0.2) is 36.4 Å². The van der Waals surface area contributed by atoms with Crippen LogP contribution in [0.25, 0.3) is 0 Å². The van der Waals surface area contributed by atoms with Gasteiger partial charge in [-0.2, -0.15) is 0 Å². The second-order valence-corrected chi connectivity index (χ2v) is 3.87. The maximum atomic E-state index is 11.0. The van der Waals surface area contributed by atoms with Crippen molar-refractivity contribution in [2.45, 2.75) is 6.92 Å². The maximum absolute atomic E-state index is 11.0. The summed E-state index contributed by atoms with van der Waals surface area (Å²) in [6.45, 7) is 1.95. The molecular weight excluding hydrogens is 230 g/mol. The van der Waals surface area contributed by atoms with Crippen LogP contribution in [0.3, 0.4) is 0 Å². The van der Waals surface area contributed by atoms with Gasteiger partial charge in [-0.25, -0.2) is 4.98 Å². The van der Waals surface area contributed by atoms with Gasteiger partial charge < -0.3 is 16.2 Å². The number of ether oxygens (including phenoxy) is 1. The summed E-state index contributed by atoms with van der Waals surface area (Å²) in [4.78, 5) is 15.0. The highest BCUT2D eigenvalue weighted by molar-refractivity contribution is 5.91. The third kappa shape index (κ3) is 2.57. The number of aryl methyl sites for hydroxylation is 1. The van der Waals surface area contributed by atoms with Crippen LogP contribution in [0.1, 0.15) is 16.1 Å². The molecule has 92 valence electrons. The molecule has 0 unspecified atom stereocenters. The number of anilines is 1. The Morgan fingerprint density at radius 1 is 1.28 bits per heavy atom. The van der Waals surface area contributed by atoms with Crippen molar-refractivity contribution in [2.75, 3.05) is 5.73 Å². The number of rotatable bonds is 3. The predicted molar refractivity (Wildman–Crippen MR) is 68.4 cm³/mol. The van der Waals surface area contributed by atoms with Crippen molar-refractivity contribution in [3.63, 3.8) is 0 Å². The van der Waals surface area contributed by atoms with Crippen LogP contribution in [-0.4, -0.2) is 10.9 Å². The Morgan fingerprint density at radius 3 is 2.72 bits per heavy atom. The molecule has 4 N–H and O–H groups in total. The van der Waals surface area contributed by atoms with Crippen LogP contribution in [0, 0.1) is 6.92 Å². The van der Waals surface area contributed by atoms with Crippen molar-refractivity contribution in [3.8, 4) is 11.6 Å². The third-order valence-corrected chi connectivity index (χ3v) is 2.35. The molecule has 0 bridgehead atoms. The standard InChI is InChI=1S/C13H13N3O2/c1-8-3-2-4-9(7-8)18-13-10(14)5-6-11(16-13)12(15)17/h2-7H,14H2,1H3,(H2,15,17). The number of carbonyl (C=O) groups is 1. The lowest BCUT2D eigenvalue weighted by Gasteiger charge is -2.08. The first kappa shape index (κ1) is 11.9. The Kier molecular flexibility index (Phi) is 3.14. The molecule has 0 radical (unpaired) electrons. The van der Waals surface area contributed by atoms with Crippen molar-refractivity contribution in [1.29, 1.82) is 0 Å². The molecule has 0 atom stereocenters. The quantitative estimate of drug-likeness (QED) is 0.860. The van der Waals surface area contributed by atoms with Gasteiger partial charge in [0.1, 0.15) is 11.4 Å². The molecule has 0 spiro atoms. The Labute approximate surface area is 104 Å². The molecular formula is C13H13N3O2. The van der Waals surface area contributed by atoms with Gasteiger partial charge in [-0.15, -0.1) is 0 Å². The molecule has 5 heteroatoms. The van der Waals surface area contributed by atoms with Gasteiger partial charge in [0, 0.05) is 0 Å². The summed E-state index contributed by atoms with van der Waals surface area (Å²) in [5, 5.41) is 0. The molecule has 1 heterocycles. The van der Waals surface area contributed by atoms with Gasteiger partial charge in [-0.3, -0.25) is 4.79 Å². The van der Waals surface area contributed by atoms with Gasteiger partial charge in [0.25, 0.3) is 5.91 Å². The summed E-state index contributed by atoms with van der Waals surface area (Å²) in [5.41, 5.74) is 12.4. The largest absolute Gasteiger partial charge is 0.437 e. The number of carbonyl (C=O) groups excluding carboxylic acids is 1. The van der Waals surface area contributed by atoms with Gasteiger partial charge >= 0.3 is 0 Å². The zero-order valence-electron chi connectivity index (χ0n) is 9.88. The van der Waals surface area contributed by atoms with Crippen molar-refractivity contribution < 1.29 is 9.53 Å². The summed E-state index contributed by atoms with van der Waals surface area (Å²) < 4.78 is 5.54. The van der Waals surface area contributed by atoms with Gasteiger partial charge in [-0.05, 0) is 36.8 Å². The number of nitrogen functional groups attached to an aromatic ring is 1. The molecule has 2 aromatic rings. The number of nitrogens with two attached hydrogens (primary N) is 2. The van der Waals surface area contributed by atoms with Crippen LogP contribution in [0.4, 0.5) is 5.69 Å². The molecule has 5 nitrogen and oxygen atoms in total. The number of benzene rings is 1. The first-order valence-corrected chi connectivity index (χ1v) is 5.37. The van der Waals surface area contributed by atoms with Crippen LogP contribution >= 0.6 is 0 Å². The summed E-state index contributed by atoms with van der Waals surface area (Å²) >= 11 is 0. The Bertz CT molecular complexity index is 597. The lowest BCUT2D eigenvalue weighted by molar-refractivity contribution is 0.0995. The highest BCUT2D eigenvalue weighted by atomic mass is 16.5. The Morgan fingerprint density at radius 2 is 2.06 bits per heavy atom. The number of aromatic nitrogens is 1. The molecule has 0 saturated carbocycles. The van der Waals surface area contributed by atoms with Crippen LogP contribution in [-0.2, 0) is 0 Å². The Balaban J connectivity index is 2.33. The SMILES string of the molecule is Cc1cccc(Oc2nc(C(N)=O)ccc2N)c1. The molecule has 2 rings (SSSR count). The minimum atomic E-state index is -0.621. The topological polar surface area (TPSA) is 91.2 Å². The van der Waals surface area contributed by atoms with E-state index in [2.05, 4.69) is 4.98 Å². The van der Waals surface area contributed by atoms with Crippen molar-refractivity contribution in [2.24, 2.45) is 5.73 Å². The van der Waals surface area contributed by atoms with E-state index in [9.17, 15) is 4.79 Å². The fourth-order valence-electron chi connectivity index (χ4n) is 1.46. The summed E-state index contributed by atoms with van der Waals surface area (Å²) in [5.74, 6) is 0.164. The number of hydrogen-bond acceptors (Lipinski definition) is 4. The first-order valence-electron chi connectivity index (χ1n) is 5.37. The second kappa shape index (κ2) is 4.75. The molecule has 0 fully saturated rings. The molecule has 0 aliphatic rings. The predicted octanol–water partition coefficient (Wildman–Crippen LogP) is 1.86. The van der Waals surface area contributed by atoms with Crippen LogP contribution in [0.5, 0.6) is 11.6 Å². The average Bonchev–Trinajstić information content (AvgIpc) is 2.31. The van der Waals surface area contributed by atoms with E-state index in [-0.39, 0.29) is 11.6 Å². The van der Waals surface area contributed by atoms with E-state index < -0.39 is 5.91 Å². The number of primary amides is 1. The Hall–Kier alpha value is -2.56. The van der Waals surface area contributed by atoms with Crippen LogP contribution < -0.4 is 16.2 Å². The minimum absolute atomic E-state index is 0.117. The average molecular weight is 243 g/mol.